The molecule has 1 heterocycles. The predicted molar refractivity (Wildman–Crippen MR) is 43.3 cm³/mol. The molecule has 0 radical (unpaired) electrons. The van der Waals surface area contributed by atoms with Gasteiger partial charge >= 0.3 is 12.4 Å². The molecule has 0 unspecified atom stereocenters. The van der Waals surface area contributed by atoms with Crippen LogP contribution in [-0.4, -0.2) is 12.4 Å². The van der Waals surface area contributed by atoms with Gasteiger partial charge in [-0.3, -0.25) is 4.79 Å². The molecular formula is C9H8O4. The SMILES string of the molecule is CC(=O)OC1Oc2ccccc2O1. The molecular weight excluding hydrogens is 172 g/mol. The Balaban J connectivity index is 2.09. The number of para-hydroxylation sites is 2. The highest BCUT2D eigenvalue weighted by atomic mass is 16.9. The van der Waals surface area contributed by atoms with Crippen LogP contribution in [0.4, 0.5) is 0 Å². The van der Waals surface area contributed by atoms with Crippen molar-refractivity contribution >= 4 is 5.97 Å². The maximum atomic E-state index is 10.6. The zero-order valence-electron chi connectivity index (χ0n) is 7.02. The number of fused-ring (bicyclic) bond motifs is 1. The Morgan fingerprint density at radius 1 is 1.31 bits per heavy atom. The van der Waals surface area contributed by atoms with E-state index in [2.05, 4.69) is 0 Å². The molecule has 0 N–H and O–H groups in total. The minimum atomic E-state index is -0.935. The van der Waals surface area contributed by atoms with Crippen molar-refractivity contribution in [2.75, 3.05) is 0 Å². The molecule has 68 valence electrons. The average molecular weight is 180 g/mol. The average Bonchev–Trinajstić information content (AvgIpc) is 2.44. The standard InChI is InChI=1S/C9H8O4/c1-6(10)11-9-12-7-4-2-3-5-8(7)13-9/h2-5,9H,1H3. The maximum Gasteiger partial charge on any atom is 0.408 e. The van der Waals surface area contributed by atoms with Crippen LogP contribution in [-0.2, 0) is 9.53 Å². The first-order chi connectivity index (χ1) is 6.25. The molecule has 0 spiro atoms. The molecule has 13 heavy (non-hydrogen) atoms. The smallest absolute Gasteiger partial charge is 0.408 e. The van der Waals surface area contributed by atoms with Crippen LogP contribution in [0.15, 0.2) is 24.3 Å². The van der Waals surface area contributed by atoms with E-state index in [0.29, 0.717) is 11.5 Å². The van der Waals surface area contributed by atoms with E-state index in [-0.39, 0.29) is 0 Å². The van der Waals surface area contributed by atoms with E-state index in [1.807, 2.05) is 12.1 Å². The lowest BCUT2D eigenvalue weighted by molar-refractivity contribution is -0.192. The van der Waals surface area contributed by atoms with Gasteiger partial charge in [-0.2, -0.15) is 0 Å². The second-order valence-corrected chi connectivity index (χ2v) is 2.58. The zero-order chi connectivity index (χ0) is 9.26. The minimum Gasteiger partial charge on any atom is -0.419 e. The first-order valence-electron chi connectivity index (χ1n) is 3.85. The second kappa shape index (κ2) is 2.97. The molecule has 0 amide bonds. The highest BCUT2D eigenvalue weighted by Gasteiger charge is 2.25. The Morgan fingerprint density at radius 3 is 2.31 bits per heavy atom. The summed E-state index contributed by atoms with van der Waals surface area (Å²) < 4.78 is 15.0. The Hall–Kier alpha value is -1.71. The Bertz CT molecular complexity index is 309. The summed E-state index contributed by atoms with van der Waals surface area (Å²) in [7, 11) is 0. The highest BCUT2D eigenvalue weighted by molar-refractivity contribution is 5.66. The second-order valence-electron chi connectivity index (χ2n) is 2.58. The summed E-state index contributed by atoms with van der Waals surface area (Å²) >= 11 is 0. The lowest BCUT2D eigenvalue weighted by atomic mass is 10.3. The van der Waals surface area contributed by atoms with E-state index in [1.54, 1.807) is 12.1 Å². The number of rotatable bonds is 1. The lowest BCUT2D eigenvalue weighted by Crippen LogP contribution is -2.24. The molecule has 0 bridgehead atoms. The van der Waals surface area contributed by atoms with Crippen LogP contribution in [0.1, 0.15) is 6.92 Å². The van der Waals surface area contributed by atoms with E-state index in [9.17, 15) is 4.79 Å². The van der Waals surface area contributed by atoms with Gasteiger partial charge in [0.15, 0.2) is 11.5 Å². The van der Waals surface area contributed by atoms with Crippen LogP contribution >= 0.6 is 0 Å². The minimum absolute atomic E-state index is 0.433. The highest BCUT2D eigenvalue weighted by Crippen LogP contribution is 2.33. The molecule has 4 nitrogen and oxygen atoms in total. The summed E-state index contributed by atoms with van der Waals surface area (Å²) in [6.07, 6.45) is 0. The summed E-state index contributed by atoms with van der Waals surface area (Å²) in [6.45, 7) is 0.366. The molecule has 1 aliphatic heterocycles. The van der Waals surface area contributed by atoms with Gasteiger partial charge in [-0.25, -0.2) is 0 Å². The number of benzene rings is 1. The fraction of sp³-hybridized carbons (Fsp3) is 0.222. The van der Waals surface area contributed by atoms with E-state index in [1.165, 1.54) is 6.92 Å². The van der Waals surface area contributed by atoms with E-state index >= 15 is 0 Å². The summed E-state index contributed by atoms with van der Waals surface area (Å²) in [5.74, 6) is 0.750. The summed E-state index contributed by atoms with van der Waals surface area (Å²) in [5, 5.41) is 0. The summed E-state index contributed by atoms with van der Waals surface area (Å²) in [4.78, 5) is 10.6. The third-order valence-corrected chi connectivity index (χ3v) is 1.56. The molecule has 1 aliphatic rings. The Labute approximate surface area is 75.0 Å². The third kappa shape index (κ3) is 1.56. The normalized spacial score (nSPS) is 14.2. The molecule has 2 rings (SSSR count). The first-order valence-corrected chi connectivity index (χ1v) is 3.85. The van der Waals surface area contributed by atoms with Crippen LogP contribution < -0.4 is 9.47 Å². The number of esters is 1. The van der Waals surface area contributed by atoms with Crippen LogP contribution in [0.5, 0.6) is 11.5 Å². The van der Waals surface area contributed by atoms with Crippen molar-refractivity contribution in [3.8, 4) is 11.5 Å². The number of carbonyl (C=O) groups excluding carboxylic acids is 1. The molecule has 0 saturated carbocycles. The van der Waals surface area contributed by atoms with Gasteiger partial charge in [-0.15, -0.1) is 0 Å². The summed E-state index contributed by atoms with van der Waals surface area (Å²) in [6, 6.07) is 7.13. The quantitative estimate of drug-likeness (QED) is 0.611. The molecule has 0 fully saturated rings. The molecule has 4 heteroatoms. The van der Waals surface area contributed by atoms with Crippen LogP contribution in [0.25, 0.3) is 0 Å². The number of ether oxygens (including phenoxy) is 3. The van der Waals surface area contributed by atoms with Gasteiger partial charge in [0.05, 0.1) is 0 Å². The molecule has 1 aromatic rings. The Morgan fingerprint density at radius 2 is 1.85 bits per heavy atom. The number of carbonyl (C=O) groups is 1. The zero-order valence-corrected chi connectivity index (χ0v) is 7.02. The third-order valence-electron chi connectivity index (χ3n) is 1.56. The molecule has 0 atom stereocenters. The fourth-order valence-electron chi connectivity index (χ4n) is 1.06. The molecule has 0 aliphatic carbocycles. The molecule has 0 aromatic heterocycles. The van der Waals surface area contributed by atoms with Gasteiger partial charge < -0.3 is 14.2 Å². The van der Waals surface area contributed by atoms with Gasteiger partial charge in [0, 0.05) is 6.92 Å². The predicted octanol–water partition coefficient (Wildman–Crippen LogP) is 1.30. The van der Waals surface area contributed by atoms with Crippen LogP contribution in [0.3, 0.4) is 0 Å². The van der Waals surface area contributed by atoms with E-state index < -0.39 is 12.4 Å². The van der Waals surface area contributed by atoms with Crippen molar-refractivity contribution in [2.24, 2.45) is 0 Å². The monoisotopic (exact) mass is 180 g/mol. The van der Waals surface area contributed by atoms with Crippen molar-refractivity contribution < 1.29 is 19.0 Å². The van der Waals surface area contributed by atoms with Gasteiger partial charge in [-0.05, 0) is 12.1 Å². The van der Waals surface area contributed by atoms with Crippen molar-refractivity contribution in [2.45, 2.75) is 13.4 Å². The van der Waals surface area contributed by atoms with Gasteiger partial charge in [-0.1, -0.05) is 12.1 Å². The first kappa shape index (κ1) is 7.91. The largest absolute Gasteiger partial charge is 0.419 e. The van der Waals surface area contributed by atoms with Crippen LogP contribution in [0.2, 0.25) is 0 Å². The number of hydrogen-bond acceptors (Lipinski definition) is 4. The topological polar surface area (TPSA) is 44.8 Å². The van der Waals surface area contributed by atoms with Crippen molar-refractivity contribution in [3.63, 3.8) is 0 Å². The van der Waals surface area contributed by atoms with Gasteiger partial charge in [0.1, 0.15) is 0 Å². The molecule has 1 aromatic carbocycles. The lowest BCUT2D eigenvalue weighted by Gasteiger charge is -2.08. The maximum absolute atomic E-state index is 10.6. The Kier molecular flexibility index (Phi) is 1.81. The van der Waals surface area contributed by atoms with Crippen molar-refractivity contribution in [3.05, 3.63) is 24.3 Å². The number of hydrogen-bond donors (Lipinski definition) is 0. The van der Waals surface area contributed by atoms with Crippen molar-refractivity contribution in [1.29, 1.82) is 0 Å². The fourth-order valence-corrected chi connectivity index (χ4v) is 1.06. The molecule has 0 saturated heterocycles. The van der Waals surface area contributed by atoms with Crippen LogP contribution in [0, 0.1) is 0 Å². The van der Waals surface area contributed by atoms with Crippen molar-refractivity contribution in [1.82, 2.24) is 0 Å². The van der Waals surface area contributed by atoms with Gasteiger partial charge in [0.25, 0.3) is 0 Å². The van der Waals surface area contributed by atoms with Gasteiger partial charge in [0.2, 0.25) is 0 Å². The van der Waals surface area contributed by atoms with E-state index in [4.69, 9.17) is 14.2 Å². The van der Waals surface area contributed by atoms with E-state index in [0.717, 1.165) is 0 Å². The summed E-state index contributed by atoms with van der Waals surface area (Å²) in [5.41, 5.74) is 0.